The molecular weight excluding hydrogens is 442 g/mol. The van der Waals surface area contributed by atoms with Crippen LogP contribution in [-0.2, 0) is 11.3 Å². The minimum absolute atomic E-state index is 0.0814. The van der Waals surface area contributed by atoms with E-state index in [1.54, 1.807) is 0 Å². The zero-order valence-electron chi connectivity index (χ0n) is 20.7. The van der Waals surface area contributed by atoms with Crippen LogP contribution >= 0.6 is 12.2 Å². The van der Waals surface area contributed by atoms with E-state index in [4.69, 9.17) is 21.9 Å². The maximum absolute atomic E-state index is 5.97. The smallest absolute Gasteiger partial charge is 0.170 e. The fourth-order valence-electron chi connectivity index (χ4n) is 6.20. The third-order valence-electron chi connectivity index (χ3n) is 7.99. The molecule has 184 valence electrons. The van der Waals surface area contributed by atoms with Gasteiger partial charge in [0.2, 0.25) is 0 Å². The summed E-state index contributed by atoms with van der Waals surface area (Å²) in [5.74, 6) is 0. The van der Waals surface area contributed by atoms with Gasteiger partial charge in [0.15, 0.2) is 5.11 Å². The van der Waals surface area contributed by atoms with Gasteiger partial charge in [-0.1, -0.05) is 25.3 Å². The molecule has 2 aromatic rings. The van der Waals surface area contributed by atoms with E-state index in [1.165, 1.54) is 49.1 Å². The highest BCUT2D eigenvalue weighted by Gasteiger charge is 2.44. The highest BCUT2D eigenvalue weighted by Crippen LogP contribution is 2.44. The average molecular weight is 482 g/mol. The number of nitrogens with zero attached hydrogens (tertiary/aromatic N) is 4. The maximum Gasteiger partial charge on any atom is 0.170 e. The number of rotatable bonds is 7. The van der Waals surface area contributed by atoms with E-state index < -0.39 is 0 Å². The SMILES string of the molecule is Cc1cc([C@H]2[C@H](c3ccccn3)NC(=S)N2C2CCCCC2)c(C)n1CCCN1CCOCC1. The third kappa shape index (κ3) is 4.88. The van der Waals surface area contributed by atoms with Gasteiger partial charge in [-0.05, 0) is 69.1 Å². The van der Waals surface area contributed by atoms with Crippen molar-refractivity contribution in [2.24, 2.45) is 0 Å². The number of aromatic nitrogens is 2. The first-order chi connectivity index (χ1) is 16.6. The number of aryl methyl sites for hydroxylation is 1. The van der Waals surface area contributed by atoms with Crippen molar-refractivity contribution in [2.45, 2.75) is 77.0 Å². The van der Waals surface area contributed by atoms with Gasteiger partial charge in [-0.3, -0.25) is 9.88 Å². The Labute approximate surface area is 209 Å². The Bertz CT molecular complexity index is 965. The van der Waals surface area contributed by atoms with Crippen LogP contribution in [0.25, 0.3) is 0 Å². The minimum Gasteiger partial charge on any atom is -0.379 e. The summed E-state index contributed by atoms with van der Waals surface area (Å²) in [4.78, 5) is 9.80. The van der Waals surface area contributed by atoms with Gasteiger partial charge in [-0.25, -0.2) is 0 Å². The van der Waals surface area contributed by atoms with Gasteiger partial charge >= 0.3 is 0 Å². The largest absolute Gasteiger partial charge is 0.379 e. The van der Waals surface area contributed by atoms with E-state index >= 15 is 0 Å². The molecule has 1 aliphatic carbocycles. The molecular formula is C27H39N5OS. The van der Waals surface area contributed by atoms with Crippen molar-refractivity contribution in [1.29, 1.82) is 0 Å². The van der Waals surface area contributed by atoms with Crippen LogP contribution in [0.1, 0.15) is 73.3 Å². The maximum atomic E-state index is 5.97. The van der Waals surface area contributed by atoms with Gasteiger partial charge < -0.3 is 19.5 Å². The molecule has 3 fully saturated rings. The molecule has 2 atom stereocenters. The Morgan fingerprint density at radius 2 is 1.88 bits per heavy atom. The molecule has 6 nitrogen and oxygen atoms in total. The van der Waals surface area contributed by atoms with Gasteiger partial charge in [0.25, 0.3) is 0 Å². The van der Waals surface area contributed by atoms with Crippen molar-refractivity contribution >= 4 is 17.3 Å². The molecule has 4 heterocycles. The lowest BCUT2D eigenvalue weighted by Crippen LogP contribution is -2.40. The molecule has 34 heavy (non-hydrogen) atoms. The summed E-state index contributed by atoms with van der Waals surface area (Å²) in [5.41, 5.74) is 5.19. The Morgan fingerprint density at radius 1 is 1.09 bits per heavy atom. The molecule has 0 unspecified atom stereocenters. The Hall–Kier alpha value is -1.96. The van der Waals surface area contributed by atoms with Crippen LogP contribution in [0.4, 0.5) is 0 Å². The Kier molecular flexibility index (Phi) is 7.52. The summed E-state index contributed by atoms with van der Waals surface area (Å²) in [6.07, 6.45) is 9.45. The molecule has 1 N–H and O–H groups in total. The van der Waals surface area contributed by atoms with Crippen LogP contribution in [0.3, 0.4) is 0 Å². The van der Waals surface area contributed by atoms with Crippen molar-refractivity contribution in [3.63, 3.8) is 0 Å². The van der Waals surface area contributed by atoms with Gasteiger partial charge in [0.05, 0.1) is 31.0 Å². The molecule has 2 aromatic heterocycles. The van der Waals surface area contributed by atoms with Crippen LogP contribution in [-0.4, -0.2) is 63.4 Å². The van der Waals surface area contributed by atoms with Crippen LogP contribution in [0.2, 0.25) is 0 Å². The van der Waals surface area contributed by atoms with Crippen LogP contribution in [0.15, 0.2) is 30.5 Å². The molecule has 1 saturated carbocycles. The van der Waals surface area contributed by atoms with Crippen LogP contribution in [0, 0.1) is 13.8 Å². The zero-order valence-corrected chi connectivity index (χ0v) is 21.5. The van der Waals surface area contributed by atoms with E-state index in [-0.39, 0.29) is 12.1 Å². The molecule has 0 aromatic carbocycles. The molecule has 0 amide bonds. The predicted octanol–water partition coefficient (Wildman–Crippen LogP) is 4.53. The highest BCUT2D eigenvalue weighted by molar-refractivity contribution is 7.80. The number of ether oxygens (including phenoxy) is 1. The normalized spacial score (nSPS) is 24.5. The summed E-state index contributed by atoms with van der Waals surface area (Å²) in [5, 5.41) is 4.57. The van der Waals surface area contributed by atoms with E-state index in [2.05, 4.69) is 51.7 Å². The summed E-state index contributed by atoms with van der Waals surface area (Å²) >= 11 is 5.97. The molecule has 7 heteroatoms. The van der Waals surface area contributed by atoms with Crippen molar-refractivity contribution in [2.75, 3.05) is 32.8 Å². The second kappa shape index (κ2) is 10.8. The third-order valence-corrected chi connectivity index (χ3v) is 8.32. The number of nitrogens with one attached hydrogen (secondary N) is 1. The Balaban J connectivity index is 1.41. The second-order valence-electron chi connectivity index (χ2n) is 10.1. The number of hydrogen-bond donors (Lipinski definition) is 1. The highest BCUT2D eigenvalue weighted by atomic mass is 32.1. The van der Waals surface area contributed by atoms with E-state index in [0.29, 0.717) is 6.04 Å². The molecule has 3 aliphatic rings. The van der Waals surface area contributed by atoms with Gasteiger partial charge in [-0.2, -0.15) is 0 Å². The predicted molar refractivity (Wildman–Crippen MR) is 140 cm³/mol. The standard InChI is InChI=1S/C27H39N5OS/c1-20-19-23(21(2)31(20)14-8-13-30-15-17-33-18-16-30)26-25(24-11-6-7-12-28-24)29-27(34)32(26)22-9-4-3-5-10-22/h6-7,11-12,19,22,25-26H,3-5,8-10,13-18H2,1-2H3,(H,29,34)/t25-,26-/m0/s1. The van der Waals surface area contributed by atoms with Gasteiger partial charge in [-0.15, -0.1) is 0 Å². The molecule has 2 aliphatic heterocycles. The van der Waals surface area contributed by atoms with Crippen molar-refractivity contribution in [1.82, 2.24) is 24.7 Å². The molecule has 0 radical (unpaired) electrons. The average Bonchev–Trinajstić information content (AvgIpc) is 3.36. The first kappa shape index (κ1) is 23.8. The monoisotopic (exact) mass is 481 g/mol. The van der Waals surface area contributed by atoms with E-state index in [0.717, 1.165) is 56.6 Å². The lowest BCUT2D eigenvalue weighted by atomic mass is 9.90. The van der Waals surface area contributed by atoms with Crippen LogP contribution in [0.5, 0.6) is 0 Å². The number of pyridine rings is 1. The fourth-order valence-corrected chi connectivity index (χ4v) is 6.59. The lowest BCUT2D eigenvalue weighted by molar-refractivity contribution is 0.0369. The summed E-state index contributed by atoms with van der Waals surface area (Å²) in [7, 11) is 0. The fraction of sp³-hybridized carbons (Fsp3) is 0.630. The van der Waals surface area contributed by atoms with Gasteiger partial charge in [0.1, 0.15) is 0 Å². The first-order valence-corrected chi connectivity index (χ1v) is 13.5. The molecule has 2 saturated heterocycles. The van der Waals surface area contributed by atoms with Crippen molar-refractivity contribution < 1.29 is 4.74 Å². The van der Waals surface area contributed by atoms with Crippen LogP contribution < -0.4 is 5.32 Å². The van der Waals surface area contributed by atoms with Crippen molar-refractivity contribution in [3.05, 3.63) is 53.1 Å². The topological polar surface area (TPSA) is 45.6 Å². The minimum atomic E-state index is 0.0814. The quantitative estimate of drug-likeness (QED) is 0.587. The first-order valence-electron chi connectivity index (χ1n) is 13.1. The molecule has 0 spiro atoms. The van der Waals surface area contributed by atoms with E-state index in [9.17, 15) is 0 Å². The molecule has 0 bridgehead atoms. The summed E-state index contributed by atoms with van der Waals surface area (Å²) < 4.78 is 8.02. The lowest BCUT2D eigenvalue weighted by Gasteiger charge is -2.37. The zero-order chi connectivity index (χ0) is 23.5. The second-order valence-corrected chi connectivity index (χ2v) is 10.5. The summed E-state index contributed by atoms with van der Waals surface area (Å²) in [6, 6.07) is 9.40. The number of morpholine rings is 1. The van der Waals surface area contributed by atoms with Gasteiger partial charge in [0, 0.05) is 49.8 Å². The Morgan fingerprint density at radius 3 is 2.62 bits per heavy atom. The van der Waals surface area contributed by atoms with Crippen molar-refractivity contribution in [3.8, 4) is 0 Å². The number of hydrogen-bond acceptors (Lipinski definition) is 4. The molecule has 5 rings (SSSR count). The number of thiocarbonyl (C=S) groups is 1. The summed E-state index contributed by atoms with van der Waals surface area (Å²) in [6.45, 7) is 10.6. The van der Waals surface area contributed by atoms with E-state index in [1.807, 2.05) is 12.3 Å².